The summed E-state index contributed by atoms with van der Waals surface area (Å²) in [7, 11) is 0. The second-order valence-corrected chi connectivity index (χ2v) is 3.92. The Bertz CT molecular complexity index is 459. The van der Waals surface area contributed by atoms with E-state index in [-0.39, 0.29) is 30.2 Å². The average Bonchev–Trinajstić information content (AvgIpc) is 2.13. The van der Waals surface area contributed by atoms with Gasteiger partial charge in [0.1, 0.15) is 17.1 Å². The van der Waals surface area contributed by atoms with Crippen molar-refractivity contribution >= 4 is 11.9 Å². The molecule has 1 saturated heterocycles. The third-order valence-electron chi connectivity index (χ3n) is 2.75. The number of aliphatic carboxylic acids is 1. The van der Waals surface area contributed by atoms with Gasteiger partial charge in [-0.2, -0.15) is 0 Å². The fourth-order valence-corrected chi connectivity index (χ4v) is 1.71. The van der Waals surface area contributed by atoms with Crippen LogP contribution in [0.3, 0.4) is 0 Å². The minimum absolute atomic E-state index is 0.0991. The second-order valence-electron chi connectivity index (χ2n) is 3.92. The first-order valence-corrected chi connectivity index (χ1v) is 5.03. The van der Waals surface area contributed by atoms with Crippen molar-refractivity contribution in [2.24, 2.45) is 5.92 Å². The van der Waals surface area contributed by atoms with Crippen LogP contribution in [-0.2, 0) is 4.79 Å². The van der Waals surface area contributed by atoms with Gasteiger partial charge >= 0.3 is 5.97 Å². The van der Waals surface area contributed by atoms with E-state index in [1.807, 2.05) is 0 Å². The van der Waals surface area contributed by atoms with E-state index < -0.39 is 17.8 Å². The number of carbonyl (C=O) groups is 2. The van der Waals surface area contributed by atoms with E-state index in [4.69, 9.17) is 5.11 Å². The summed E-state index contributed by atoms with van der Waals surface area (Å²) in [4.78, 5) is 23.7. The maximum atomic E-state index is 11.8. The predicted octanol–water partition coefficient (Wildman–Crippen LogP) is 0.254. The second kappa shape index (κ2) is 3.97. The third-order valence-corrected chi connectivity index (χ3v) is 2.75. The third kappa shape index (κ3) is 1.89. The average molecular weight is 237 g/mol. The van der Waals surface area contributed by atoms with Crippen LogP contribution in [0, 0.1) is 5.92 Å². The zero-order valence-electron chi connectivity index (χ0n) is 8.83. The highest BCUT2D eigenvalue weighted by Gasteiger charge is 2.37. The molecular weight excluding hydrogens is 226 g/mol. The van der Waals surface area contributed by atoms with Gasteiger partial charge in [0, 0.05) is 13.1 Å². The standard InChI is InChI=1S/C11H11NO5/c13-7-2-1-3-8(14)9(7)10(15)12-4-6(5-12)11(16)17/h1-3,6,13-14H,4-5H2,(H,16,17). The largest absolute Gasteiger partial charge is 0.507 e. The number of carboxylic acid groups (broad SMARTS) is 1. The molecule has 6 nitrogen and oxygen atoms in total. The van der Waals surface area contributed by atoms with Crippen LogP contribution in [0.2, 0.25) is 0 Å². The molecule has 0 aromatic heterocycles. The lowest BCUT2D eigenvalue weighted by Crippen LogP contribution is -2.53. The molecule has 1 aromatic rings. The molecule has 0 unspecified atom stereocenters. The number of phenolic OH excluding ortho intramolecular Hbond substituents is 2. The number of hydrogen-bond acceptors (Lipinski definition) is 4. The van der Waals surface area contributed by atoms with E-state index in [0.29, 0.717) is 0 Å². The first-order chi connectivity index (χ1) is 8.00. The highest BCUT2D eigenvalue weighted by Crippen LogP contribution is 2.30. The van der Waals surface area contributed by atoms with Gasteiger partial charge in [-0.3, -0.25) is 9.59 Å². The van der Waals surface area contributed by atoms with Gasteiger partial charge < -0.3 is 20.2 Å². The molecule has 1 amide bonds. The summed E-state index contributed by atoms with van der Waals surface area (Å²) in [5.74, 6) is -2.69. The number of benzene rings is 1. The number of rotatable bonds is 2. The van der Waals surface area contributed by atoms with Gasteiger partial charge in [-0.05, 0) is 12.1 Å². The maximum Gasteiger partial charge on any atom is 0.310 e. The molecule has 2 rings (SSSR count). The summed E-state index contributed by atoms with van der Waals surface area (Å²) < 4.78 is 0. The van der Waals surface area contributed by atoms with Crippen molar-refractivity contribution in [1.82, 2.24) is 4.90 Å². The van der Waals surface area contributed by atoms with Crippen LogP contribution in [0.4, 0.5) is 0 Å². The van der Waals surface area contributed by atoms with E-state index in [1.165, 1.54) is 23.1 Å². The highest BCUT2D eigenvalue weighted by molar-refractivity contribution is 6.00. The molecule has 1 aromatic carbocycles. The lowest BCUT2D eigenvalue weighted by molar-refractivity contribution is -0.146. The van der Waals surface area contributed by atoms with Crippen LogP contribution in [0.1, 0.15) is 10.4 Å². The molecule has 0 radical (unpaired) electrons. The van der Waals surface area contributed by atoms with Gasteiger partial charge in [-0.15, -0.1) is 0 Å². The highest BCUT2D eigenvalue weighted by atomic mass is 16.4. The SMILES string of the molecule is O=C(O)C1CN(C(=O)c2c(O)cccc2O)C1. The van der Waals surface area contributed by atoms with Crippen LogP contribution in [0.15, 0.2) is 18.2 Å². The van der Waals surface area contributed by atoms with Gasteiger partial charge in [-0.25, -0.2) is 0 Å². The zero-order chi connectivity index (χ0) is 12.6. The fraction of sp³-hybridized carbons (Fsp3) is 0.273. The summed E-state index contributed by atoms with van der Waals surface area (Å²) in [5.41, 5.74) is -0.184. The van der Waals surface area contributed by atoms with Crippen molar-refractivity contribution < 1.29 is 24.9 Å². The van der Waals surface area contributed by atoms with E-state index in [0.717, 1.165) is 0 Å². The van der Waals surface area contributed by atoms with Crippen LogP contribution < -0.4 is 0 Å². The number of nitrogens with zero attached hydrogens (tertiary/aromatic N) is 1. The summed E-state index contributed by atoms with van der Waals surface area (Å²) in [6.45, 7) is 0.198. The van der Waals surface area contributed by atoms with Crippen molar-refractivity contribution in [2.75, 3.05) is 13.1 Å². The first kappa shape index (κ1) is 11.3. The Morgan fingerprint density at radius 3 is 2.18 bits per heavy atom. The topological polar surface area (TPSA) is 98.1 Å². The Balaban J connectivity index is 2.15. The van der Waals surface area contributed by atoms with Gasteiger partial charge in [0.15, 0.2) is 0 Å². The van der Waals surface area contributed by atoms with Crippen molar-refractivity contribution in [3.05, 3.63) is 23.8 Å². The Morgan fingerprint density at radius 1 is 1.18 bits per heavy atom. The van der Waals surface area contributed by atoms with Crippen molar-refractivity contribution in [3.63, 3.8) is 0 Å². The Labute approximate surface area is 96.7 Å². The van der Waals surface area contributed by atoms with E-state index >= 15 is 0 Å². The van der Waals surface area contributed by atoms with Gasteiger partial charge in [0.25, 0.3) is 5.91 Å². The van der Waals surface area contributed by atoms with Gasteiger partial charge in [0.2, 0.25) is 0 Å². The van der Waals surface area contributed by atoms with Gasteiger partial charge in [-0.1, -0.05) is 6.07 Å². The van der Waals surface area contributed by atoms with Crippen LogP contribution in [0.5, 0.6) is 11.5 Å². The van der Waals surface area contributed by atoms with E-state index in [2.05, 4.69) is 0 Å². The fourth-order valence-electron chi connectivity index (χ4n) is 1.71. The smallest absolute Gasteiger partial charge is 0.310 e. The lowest BCUT2D eigenvalue weighted by Gasteiger charge is -2.36. The molecule has 17 heavy (non-hydrogen) atoms. The number of carboxylic acids is 1. The zero-order valence-corrected chi connectivity index (χ0v) is 8.83. The number of aromatic hydroxyl groups is 2. The number of carbonyl (C=O) groups excluding carboxylic acids is 1. The van der Waals surface area contributed by atoms with Crippen LogP contribution >= 0.6 is 0 Å². The lowest BCUT2D eigenvalue weighted by atomic mass is 9.99. The molecule has 0 aliphatic carbocycles. The Hall–Kier alpha value is -2.24. The number of likely N-dealkylation sites (tertiary alicyclic amines) is 1. The molecule has 0 atom stereocenters. The van der Waals surface area contributed by atoms with Crippen LogP contribution in [0.25, 0.3) is 0 Å². The molecule has 6 heteroatoms. The summed E-state index contributed by atoms with van der Waals surface area (Å²) >= 11 is 0. The molecule has 1 aliphatic rings. The summed E-state index contributed by atoms with van der Waals surface area (Å²) in [6, 6.07) is 4.00. The Morgan fingerprint density at radius 2 is 1.71 bits per heavy atom. The number of phenols is 2. The minimum Gasteiger partial charge on any atom is -0.507 e. The molecular formula is C11H11NO5. The van der Waals surface area contributed by atoms with Crippen molar-refractivity contribution in [1.29, 1.82) is 0 Å². The summed E-state index contributed by atoms with van der Waals surface area (Å²) in [6.07, 6.45) is 0. The molecule has 1 heterocycles. The van der Waals surface area contributed by atoms with E-state index in [1.54, 1.807) is 0 Å². The van der Waals surface area contributed by atoms with Crippen LogP contribution in [-0.4, -0.2) is 45.2 Å². The maximum absolute atomic E-state index is 11.8. The number of hydrogen-bond donors (Lipinski definition) is 3. The quantitative estimate of drug-likeness (QED) is 0.685. The molecule has 0 bridgehead atoms. The monoisotopic (exact) mass is 237 g/mol. The molecule has 1 aliphatic heterocycles. The minimum atomic E-state index is -0.949. The van der Waals surface area contributed by atoms with Gasteiger partial charge in [0.05, 0.1) is 5.92 Å². The molecule has 0 saturated carbocycles. The van der Waals surface area contributed by atoms with Crippen molar-refractivity contribution in [3.8, 4) is 11.5 Å². The Kier molecular flexibility index (Phi) is 2.63. The molecule has 0 spiro atoms. The molecule has 3 N–H and O–H groups in total. The molecule has 1 fully saturated rings. The normalized spacial score (nSPS) is 15.4. The summed E-state index contributed by atoms with van der Waals surface area (Å²) in [5, 5.41) is 27.6. The van der Waals surface area contributed by atoms with Crippen molar-refractivity contribution in [2.45, 2.75) is 0 Å². The number of amides is 1. The molecule has 90 valence electrons. The predicted molar refractivity (Wildman–Crippen MR) is 56.8 cm³/mol. The first-order valence-electron chi connectivity index (χ1n) is 5.03. The van der Waals surface area contributed by atoms with E-state index in [9.17, 15) is 19.8 Å².